The van der Waals surface area contributed by atoms with Gasteiger partial charge in [0, 0.05) is 25.6 Å². The number of hydrogen-bond donors (Lipinski definition) is 2. The minimum atomic E-state index is -0.735. The van der Waals surface area contributed by atoms with Gasteiger partial charge in [0.05, 0.1) is 0 Å². The van der Waals surface area contributed by atoms with Crippen LogP contribution in [0.1, 0.15) is 45.4 Å². The number of hydrogen-bond acceptors (Lipinski definition) is 2. The molecule has 1 saturated carbocycles. The molecule has 1 aliphatic heterocycles. The molecule has 0 aromatic rings. The highest BCUT2D eigenvalue weighted by Crippen LogP contribution is 2.33. The fourth-order valence-corrected chi connectivity index (χ4v) is 2.80. The summed E-state index contributed by atoms with van der Waals surface area (Å²) in [5.41, 5.74) is 0. The highest BCUT2D eigenvalue weighted by molar-refractivity contribution is 5.74. The van der Waals surface area contributed by atoms with Crippen molar-refractivity contribution in [1.29, 1.82) is 0 Å². The number of urea groups is 1. The van der Waals surface area contributed by atoms with Gasteiger partial charge in [-0.3, -0.25) is 4.79 Å². The van der Waals surface area contributed by atoms with Gasteiger partial charge in [-0.25, -0.2) is 4.79 Å². The van der Waals surface area contributed by atoms with Crippen LogP contribution in [0.15, 0.2) is 0 Å². The zero-order valence-corrected chi connectivity index (χ0v) is 11.6. The van der Waals surface area contributed by atoms with Gasteiger partial charge >= 0.3 is 12.0 Å². The Morgan fingerprint density at radius 3 is 2.37 bits per heavy atom. The average molecular weight is 268 g/mol. The molecule has 19 heavy (non-hydrogen) atoms. The molecular weight excluding hydrogens is 244 g/mol. The normalized spacial score (nSPS) is 22.1. The van der Waals surface area contributed by atoms with E-state index < -0.39 is 5.97 Å². The van der Waals surface area contributed by atoms with Crippen LogP contribution < -0.4 is 5.32 Å². The van der Waals surface area contributed by atoms with E-state index in [1.54, 1.807) is 0 Å². The number of carboxylic acid groups (broad SMARTS) is 1. The Bertz CT molecular complexity index is 334. The molecule has 1 atom stereocenters. The van der Waals surface area contributed by atoms with Crippen LogP contribution in [0.4, 0.5) is 4.79 Å². The Hall–Kier alpha value is -1.26. The summed E-state index contributed by atoms with van der Waals surface area (Å²) in [4.78, 5) is 24.5. The largest absolute Gasteiger partial charge is 0.481 e. The Balaban J connectivity index is 1.67. The second kappa shape index (κ2) is 6.26. The topological polar surface area (TPSA) is 69.6 Å². The number of piperidine rings is 1. The number of carboxylic acids is 1. The molecular formula is C14H24N2O3. The van der Waals surface area contributed by atoms with Crippen LogP contribution in [0.2, 0.25) is 0 Å². The van der Waals surface area contributed by atoms with Crippen molar-refractivity contribution in [3.63, 3.8) is 0 Å². The molecule has 0 aromatic heterocycles. The van der Waals surface area contributed by atoms with Gasteiger partial charge in [0.15, 0.2) is 0 Å². The molecule has 1 saturated heterocycles. The molecule has 2 N–H and O–H groups in total. The Morgan fingerprint density at radius 1 is 1.21 bits per heavy atom. The first kappa shape index (κ1) is 14.2. The second-order valence-corrected chi connectivity index (χ2v) is 6.06. The number of rotatable bonds is 5. The van der Waals surface area contributed by atoms with Crippen LogP contribution in [0.25, 0.3) is 0 Å². The van der Waals surface area contributed by atoms with Gasteiger partial charge in [0.25, 0.3) is 0 Å². The molecule has 1 aliphatic carbocycles. The predicted octanol–water partition coefficient (Wildman–Crippen LogP) is 2.07. The maximum absolute atomic E-state index is 12.0. The lowest BCUT2D eigenvalue weighted by molar-refractivity contribution is -0.138. The van der Waals surface area contributed by atoms with Gasteiger partial charge in [0.1, 0.15) is 0 Å². The van der Waals surface area contributed by atoms with Gasteiger partial charge in [-0.05, 0) is 38.0 Å². The van der Waals surface area contributed by atoms with Crippen molar-refractivity contribution in [2.45, 2.75) is 51.5 Å². The molecule has 2 amide bonds. The van der Waals surface area contributed by atoms with Crippen molar-refractivity contribution in [3.8, 4) is 0 Å². The van der Waals surface area contributed by atoms with E-state index in [4.69, 9.17) is 5.11 Å². The molecule has 0 spiro atoms. The van der Waals surface area contributed by atoms with E-state index in [0.717, 1.165) is 25.2 Å². The number of amides is 2. The highest BCUT2D eigenvalue weighted by atomic mass is 16.4. The number of aliphatic carboxylic acids is 1. The summed E-state index contributed by atoms with van der Waals surface area (Å²) < 4.78 is 0. The van der Waals surface area contributed by atoms with E-state index in [1.165, 1.54) is 12.8 Å². The zero-order valence-electron chi connectivity index (χ0n) is 11.6. The molecule has 5 nitrogen and oxygen atoms in total. The van der Waals surface area contributed by atoms with Crippen molar-refractivity contribution in [2.75, 3.05) is 13.1 Å². The molecule has 0 radical (unpaired) electrons. The van der Waals surface area contributed by atoms with E-state index in [2.05, 4.69) is 12.2 Å². The molecule has 2 rings (SSSR count). The smallest absolute Gasteiger partial charge is 0.317 e. The third kappa shape index (κ3) is 4.73. The summed E-state index contributed by atoms with van der Waals surface area (Å²) in [6.45, 7) is 3.42. The van der Waals surface area contributed by atoms with E-state index >= 15 is 0 Å². The monoisotopic (exact) mass is 268 g/mol. The van der Waals surface area contributed by atoms with Gasteiger partial charge < -0.3 is 15.3 Å². The molecule has 1 unspecified atom stereocenters. The van der Waals surface area contributed by atoms with Crippen molar-refractivity contribution in [1.82, 2.24) is 10.2 Å². The van der Waals surface area contributed by atoms with Crippen molar-refractivity contribution >= 4 is 12.0 Å². The zero-order chi connectivity index (χ0) is 13.8. The van der Waals surface area contributed by atoms with Crippen molar-refractivity contribution in [2.24, 2.45) is 11.8 Å². The first-order chi connectivity index (χ1) is 9.04. The average Bonchev–Trinajstić information content (AvgIpc) is 3.12. The van der Waals surface area contributed by atoms with Crippen LogP contribution in [0.3, 0.4) is 0 Å². The first-order valence-corrected chi connectivity index (χ1v) is 7.32. The SMILES string of the molecule is CC(CC1CC1)NC(=O)N1CCC(CC(=O)O)CC1. The Morgan fingerprint density at radius 2 is 1.84 bits per heavy atom. The van der Waals surface area contributed by atoms with Crippen molar-refractivity contribution < 1.29 is 14.7 Å². The van der Waals surface area contributed by atoms with E-state index in [1.807, 2.05) is 4.90 Å². The maximum atomic E-state index is 12.0. The summed E-state index contributed by atoms with van der Waals surface area (Å²) in [7, 11) is 0. The number of nitrogens with zero attached hydrogens (tertiary/aromatic N) is 1. The maximum Gasteiger partial charge on any atom is 0.317 e. The highest BCUT2D eigenvalue weighted by Gasteiger charge is 2.27. The lowest BCUT2D eigenvalue weighted by Gasteiger charge is -2.32. The molecule has 0 aromatic carbocycles. The molecule has 0 bridgehead atoms. The van der Waals surface area contributed by atoms with Crippen LogP contribution in [0, 0.1) is 11.8 Å². The number of carbonyl (C=O) groups is 2. The lowest BCUT2D eigenvalue weighted by Crippen LogP contribution is -2.47. The third-order valence-corrected chi connectivity index (χ3v) is 4.12. The summed E-state index contributed by atoms with van der Waals surface area (Å²) >= 11 is 0. The van der Waals surface area contributed by atoms with Gasteiger partial charge in [-0.15, -0.1) is 0 Å². The number of nitrogens with one attached hydrogen (secondary N) is 1. The minimum Gasteiger partial charge on any atom is -0.481 e. The fourth-order valence-electron chi connectivity index (χ4n) is 2.80. The minimum absolute atomic E-state index is 0.0157. The molecule has 2 aliphatic rings. The summed E-state index contributed by atoms with van der Waals surface area (Å²) in [6.07, 6.45) is 5.53. The quantitative estimate of drug-likeness (QED) is 0.802. The van der Waals surface area contributed by atoms with E-state index in [9.17, 15) is 9.59 Å². The van der Waals surface area contributed by atoms with E-state index in [0.29, 0.717) is 13.1 Å². The van der Waals surface area contributed by atoms with Gasteiger partial charge in [-0.2, -0.15) is 0 Å². The molecule has 2 fully saturated rings. The lowest BCUT2D eigenvalue weighted by atomic mass is 9.94. The van der Waals surface area contributed by atoms with Gasteiger partial charge in [-0.1, -0.05) is 12.8 Å². The Kier molecular flexibility index (Phi) is 4.66. The van der Waals surface area contributed by atoms with E-state index in [-0.39, 0.29) is 24.4 Å². The second-order valence-electron chi connectivity index (χ2n) is 6.06. The Labute approximate surface area is 114 Å². The number of likely N-dealkylation sites (tertiary alicyclic amines) is 1. The number of carbonyl (C=O) groups excluding carboxylic acids is 1. The summed E-state index contributed by atoms with van der Waals surface area (Å²) in [6, 6.07) is 0.263. The van der Waals surface area contributed by atoms with Crippen molar-refractivity contribution in [3.05, 3.63) is 0 Å². The molecule has 5 heteroatoms. The fraction of sp³-hybridized carbons (Fsp3) is 0.857. The molecule has 108 valence electrons. The van der Waals surface area contributed by atoms with Crippen LogP contribution in [-0.2, 0) is 4.79 Å². The summed E-state index contributed by atoms with van der Waals surface area (Å²) in [5.74, 6) is 0.308. The predicted molar refractivity (Wildman–Crippen MR) is 71.9 cm³/mol. The van der Waals surface area contributed by atoms with Crippen LogP contribution in [-0.4, -0.2) is 41.1 Å². The van der Waals surface area contributed by atoms with Crippen LogP contribution >= 0.6 is 0 Å². The summed E-state index contributed by atoms with van der Waals surface area (Å²) in [5, 5.41) is 11.8. The van der Waals surface area contributed by atoms with Gasteiger partial charge in [0.2, 0.25) is 0 Å². The first-order valence-electron chi connectivity index (χ1n) is 7.32. The van der Waals surface area contributed by atoms with Crippen LogP contribution in [0.5, 0.6) is 0 Å². The standard InChI is InChI=1S/C14H24N2O3/c1-10(8-11-2-3-11)15-14(19)16-6-4-12(5-7-16)9-13(17)18/h10-12H,2-9H2,1H3,(H,15,19)(H,17,18). The molecule has 1 heterocycles. The third-order valence-electron chi connectivity index (χ3n) is 4.12.